The van der Waals surface area contributed by atoms with Gasteiger partial charge < -0.3 is 15.2 Å². The lowest BCUT2D eigenvalue weighted by molar-refractivity contribution is -0.137. The second-order valence-electron chi connectivity index (χ2n) is 5.35. The van der Waals surface area contributed by atoms with Crippen LogP contribution in [0.2, 0.25) is 0 Å². The summed E-state index contributed by atoms with van der Waals surface area (Å²) >= 11 is 0. The van der Waals surface area contributed by atoms with E-state index in [1.54, 1.807) is 6.07 Å². The Morgan fingerprint density at radius 3 is 2.64 bits per heavy atom. The number of hydrogen-bond acceptors (Lipinski definition) is 5. The topological polar surface area (TPSA) is 78.2 Å². The molecular formula is C14H16F3N3O2. The zero-order chi connectivity index (χ0) is 16.2. The van der Waals surface area contributed by atoms with Gasteiger partial charge in [-0.3, -0.25) is 0 Å². The maximum Gasteiger partial charge on any atom is 0.417 e. The maximum atomic E-state index is 12.7. The molecule has 8 heteroatoms. The largest absolute Gasteiger partial charge is 0.417 e. The Morgan fingerprint density at radius 2 is 2.09 bits per heavy atom. The van der Waals surface area contributed by atoms with Gasteiger partial charge in [0.1, 0.15) is 6.07 Å². The van der Waals surface area contributed by atoms with Gasteiger partial charge in [0.25, 0.3) is 0 Å². The lowest BCUT2D eigenvalue weighted by Crippen LogP contribution is -2.39. The molecule has 1 fully saturated rings. The number of anilines is 1. The highest BCUT2D eigenvalue weighted by Gasteiger charge is 2.34. The van der Waals surface area contributed by atoms with Crippen molar-refractivity contribution in [2.24, 2.45) is 5.41 Å². The van der Waals surface area contributed by atoms with Gasteiger partial charge in [0.15, 0.2) is 5.69 Å². The predicted molar refractivity (Wildman–Crippen MR) is 72.0 cm³/mol. The smallest absolute Gasteiger partial charge is 0.396 e. The van der Waals surface area contributed by atoms with Crippen LogP contribution in [0, 0.1) is 16.7 Å². The number of nitrogens with zero attached hydrogens (tertiary/aromatic N) is 2. The van der Waals surface area contributed by atoms with E-state index in [0.717, 1.165) is 6.07 Å². The fourth-order valence-corrected chi connectivity index (χ4v) is 2.32. The van der Waals surface area contributed by atoms with Crippen molar-refractivity contribution in [1.29, 1.82) is 5.26 Å². The summed E-state index contributed by atoms with van der Waals surface area (Å²) in [4.78, 5) is 3.55. The van der Waals surface area contributed by atoms with Gasteiger partial charge in [-0.15, -0.1) is 0 Å². The number of pyridine rings is 1. The van der Waals surface area contributed by atoms with Crippen LogP contribution in [-0.4, -0.2) is 36.5 Å². The third-order valence-electron chi connectivity index (χ3n) is 3.86. The molecule has 0 aromatic carbocycles. The van der Waals surface area contributed by atoms with E-state index in [0.29, 0.717) is 32.3 Å². The van der Waals surface area contributed by atoms with E-state index >= 15 is 0 Å². The maximum absolute atomic E-state index is 12.7. The number of halogens is 3. The molecule has 0 saturated carbocycles. The second-order valence-corrected chi connectivity index (χ2v) is 5.35. The molecule has 1 aliphatic heterocycles. The minimum Gasteiger partial charge on any atom is -0.396 e. The standard InChI is InChI=1S/C14H16F3N3O2/c15-14(16,17)10-5-11(12(6-18)19-7-10)20-8-13(9-21)1-3-22-4-2-13/h5,7,20-21H,1-4,8-9H2. The molecule has 0 atom stereocenters. The summed E-state index contributed by atoms with van der Waals surface area (Å²) in [6, 6.07) is 2.64. The van der Waals surface area contributed by atoms with Crippen LogP contribution in [0.15, 0.2) is 12.3 Å². The highest BCUT2D eigenvalue weighted by molar-refractivity contribution is 5.55. The van der Waals surface area contributed by atoms with Crippen LogP contribution in [0.3, 0.4) is 0 Å². The molecule has 2 N–H and O–H groups in total. The van der Waals surface area contributed by atoms with Crippen LogP contribution in [-0.2, 0) is 10.9 Å². The van der Waals surface area contributed by atoms with Crippen molar-refractivity contribution < 1.29 is 23.0 Å². The van der Waals surface area contributed by atoms with E-state index in [1.165, 1.54) is 0 Å². The molecule has 1 saturated heterocycles. The van der Waals surface area contributed by atoms with Gasteiger partial charge in [-0.05, 0) is 18.9 Å². The molecule has 22 heavy (non-hydrogen) atoms. The number of aliphatic hydroxyl groups excluding tert-OH is 1. The van der Waals surface area contributed by atoms with Gasteiger partial charge in [0.05, 0.1) is 17.9 Å². The zero-order valence-electron chi connectivity index (χ0n) is 11.8. The Morgan fingerprint density at radius 1 is 1.41 bits per heavy atom. The van der Waals surface area contributed by atoms with E-state index in [4.69, 9.17) is 10.00 Å². The molecule has 1 aromatic heterocycles. The SMILES string of the molecule is N#Cc1ncc(C(F)(F)F)cc1NCC1(CO)CCOCC1. The van der Waals surface area contributed by atoms with E-state index in [9.17, 15) is 18.3 Å². The van der Waals surface area contributed by atoms with Crippen molar-refractivity contribution >= 4 is 5.69 Å². The van der Waals surface area contributed by atoms with E-state index in [2.05, 4.69) is 10.3 Å². The van der Waals surface area contributed by atoms with E-state index < -0.39 is 17.2 Å². The minimum absolute atomic E-state index is 0.0247. The third-order valence-corrected chi connectivity index (χ3v) is 3.86. The van der Waals surface area contributed by atoms with Crippen LogP contribution in [0.4, 0.5) is 18.9 Å². The van der Waals surface area contributed by atoms with Crippen LogP contribution in [0.1, 0.15) is 24.1 Å². The van der Waals surface area contributed by atoms with Crippen molar-refractivity contribution in [2.45, 2.75) is 19.0 Å². The third kappa shape index (κ3) is 3.67. The first-order chi connectivity index (χ1) is 10.4. The van der Waals surface area contributed by atoms with Crippen LogP contribution in [0.5, 0.6) is 0 Å². The Hall–Kier alpha value is -1.85. The Bertz CT molecular complexity index is 563. The summed E-state index contributed by atoms with van der Waals surface area (Å²) in [7, 11) is 0. The number of aliphatic hydroxyl groups is 1. The molecule has 0 unspecified atom stereocenters. The molecule has 2 rings (SSSR count). The highest BCUT2D eigenvalue weighted by atomic mass is 19.4. The van der Waals surface area contributed by atoms with Gasteiger partial charge in [0, 0.05) is 31.4 Å². The van der Waals surface area contributed by atoms with Gasteiger partial charge in [-0.1, -0.05) is 0 Å². The molecule has 0 radical (unpaired) electrons. The summed E-state index contributed by atoms with van der Waals surface area (Å²) < 4.78 is 43.4. The monoisotopic (exact) mass is 315 g/mol. The minimum atomic E-state index is -4.52. The first-order valence-electron chi connectivity index (χ1n) is 6.80. The number of nitriles is 1. The first kappa shape index (κ1) is 16.5. The van der Waals surface area contributed by atoms with Gasteiger partial charge in [-0.25, -0.2) is 4.98 Å². The fourth-order valence-electron chi connectivity index (χ4n) is 2.32. The van der Waals surface area contributed by atoms with Crippen LogP contribution < -0.4 is 5.32 Å². The predicted octanol–water partition coefficient (Wildman–Crippen LogP) is 2.17. The molecule has 0 amide bonds. The van der Waals surface area contributed by atoms with Crippen molar-refractivity contribution in [3.8, 4) is 6.07 Å². The molecule has 120 valence electrons. The molecule has 1 aromatic rings. The van der Waals surface area contributed by atoms with Crippen molar-refractivity contribution in [3.63, 3.8) is 0 Å². The van der Waals surface area contributed by atoms with Gasteiger partial charge in [0.2, 0.25) is 0 Å². The average Bonchev–Trinajstić information content (AvgIpc) is 2.52. The van der Waals surface area contributed by atoms with Crippen molar-refractivity contribution in [1.82, 2.24) is 4.98 Å². The Balaban J connectivity index is 2.19. The molecule has 2 heterocycles. The van der Waals surface area contributed by atoms with Crippen molar-refractivity contribution in [3.05, 3.63) is 23.5 Å². The van der Waals surface area contributed by atoms with Crippen molar-refractivity contribution in [2.75, 3.05) is 31.7 Å². The Labute approximate surface area is 125 Å². The van der Waals surface area contributed by atoms with E-state index in [1.807, 2.05) is 0 Å². The van der Waals surface area contributed by atoms with Crippen LogP contribution >= 0.6 is 0 Å². The summed E-state index contributed by atoms with van der Waals surface area (Å²) in [6.07, 6.45) is -2.68. The molecule has 0 bridgehead atoms. The fraction of sp³-hybridized carbons (Fsp3) is 0.571. The number of alkyl halides is 3. The quantitative estimate of drug-likeness (QED) is 0.890. The van der Waals surface area contributed by atoms with Crippen LogP contribution in [0.25, 0.3) is 0 Å². The number of rotatable bonds is 4. The molecule has 1 aliphatic rings. The lowest BCUT2D eigenvalue weighted by atomic mass is 9.81. The normalized spacial score (nSPS) is 17.8. The Kier molecular flexibility index (Phi) is 4.88. The number of aromatic nitrogens is 1. The lowest BCUT2D eigenvalue weighted by Gasteiger charge is -2.35. The molecule has 0 spiro atoms. The number of nitrogens with one attached hydrogen (secondary N) is 1. The van der Waals surface area contributed by atoms with Gasteiger partial charge >= 0.3 is 6.18 Å². The summed E-state index contributed by atoms with van der Waals surface area (Å²) in [6.45, 7) is 1.14. The highest BCUT2D eigenvalue weighted by Crippen LogP contribution is 2.33. The zero-order valence-corrected chi connectivity index (χ0v) is 11.8. The van der Waals surface area contributed by atoms with Gasteiger partial charge in [-0.2, -0.15) is 18.4 Å². The first-order valence-corrected chi connectivity index (χ1v) is 6.80. The molecule has 0 aliphatic carbocycles. The second kappa shape index (κ2) is 6.50. The van der Waals surface area contributed by atoms with E-state index in [-0.39, 0.29) is 24.5 Å². The molecule has 5 nitrogen and oxygen atoms in total. The summed E-state index contributed by atoms with van der Waals surface area (Å²) in [5.74, 6) is 0. The number of ether oxygens (including phenoxy) is 1. The summed E-state index contributed by atoms with van der Waals surface area (Å²) in [5.41, 5.74) is -1.46. The molecular weight excluding hydrogens is 299 g/mol. The number of hydrogen-bond donors (Lipinski definition) is 2. The average molecular weight is 315 g/mol. The summed E-state index contributed by atoms with van der Waals surface area (Å²) in [5, 5.41) is 21.4.